The number of para-hydroxylation sites is 1. The van der Waals surface area contributed by atoms with Crippen molar-refractivity contribution in [2.24, 2.45) is 5.10 Å². The van der Waals surface area contributed by atoms with E-state index in [0.29, 0.717) is 61.4 Å². The lowest BCUT2D eigenvalue weighted by atomic mass is 10.2. The van der Waals surface area contributed by atoms with Crippen LogP contribution in [0, 0.1) is 0 Å². The highest BCUT2D eigenvalue weighted by Gasteiger charge is 2.19. The minimum absolute atomic E-state index is 0.199. The Morgan fingerprint density at radius 3 is 2.63 bits per heavy atom. The van der Waals surface area contributed by atoms with E-state index in [1.165, 1.54) is 4.68 Å². The van der Waals surface area contributed by atoms with Gasteiger partial charge in [-0.15, -0.1) is 0 Å². The summed E-state index contributed by atoms with van der Waals surface area (Å²) in [6, 6.07) is 24.0. The van der Waals surface area contributed by atoms with Crippen molar-refractivity contribution >= 4 is 44.6 Å². The van der Waals surface area contributed by atoms with Crippen LogP contribution in [0.25, 0.3) is 22.3 Å². The highest BCUT2D eigenvalue weighted by atomic mass is 79.9. The number of ether oxygens (including phenoxy) is 4. The Hall–Kier alpha value is -4.34. The Kier molecular flexibility index (Phi) is 7.63. The number of hydrogen-bond acceptors (Lipinski definition) is 7. The maximum Gasteiger partial charge on any atom is 0.282 e. The van der Waals surface area contributed by atoms with E-state index < -0.39 is 0 Å². The zero-order chi connectivity index (χ0) is 28.3. The Bertz CT molecular complexity index is 1840. The summed E-state index contributed by atoms with van der Waals surface area (Å²) in [4.78, 5) is 18.3. The lowest BCUT2D eigenvalue weighted by molar-refractivity contribution is 0.174. The number of rotatable bonds is 8. The Labute approximate surface area is 248 Å². The van der Waals surface area contributed by atoms with E-state index >= 15 is 0 Å². The van der Waals surface area contributed by atoms with Gasteiger partial charge in [-0.2, -0.15) is 9.78 Å². The molecule has 1 aliphatic rings. The standard InChI is InChI=1S/C31H23BrClN3O5/c1-2-38-26-15-21(27(32)28(33)29(26)39-17-19-12-13-24-25(14-19)41-18-40-24)16-34-36-30(20-8-4-3-5-9-20)35-23-11-7-6-10-22(23)31(36)37/h3-16H,2,17-18H2,1H3. The molecule has 0 radical (unpaired) electrons. The summed E-state index contributed by atoms with van der Waals surface area (Å²) in [5.74, 6) is 2.61. The first-order valence-electron chi connectivity index (χ1n) is 12.8. The van der Waals surface area contributed by atoms with Crippen LogP contribution in [-0.4, -0.2) is 29.3 Å². The number of hydrogen-bond donors (Lipinski definition) is 0. The van der Waals surface area contributed by atoms with Crippen LogP contribution in [0.4, 0.5) is 0 Å². The van der Waals surface area contributed by atoms with Crippen LogP contribution in [0.1, 0.15) is 18.1 Å². The molecule has 1 aliphatic heterocycles. The Balaban J connectivity index is 1.37. The minimum atomic E-state index is -0.290. The van der Waals surface area contributed by atoms with E-state index in [9.17, 15) is 4.79 Å². The number of benzene rings is 4. The number of fused-ring (bicyclic) bond motifs is 2. The Morgan fingerprint density at radius 2 is 1.80 bits per heavy atom. The summed E-state index contributed by atoms with van der Waals surface area (Å²) in [6.45, 7) is 2.69. The zero-order valence-corrected chi connectivity index (χ0v) is 24.2. The summed E-state index contributed by atoms with van der Waals surface area (Å²) in [5, 5.41) is 5.34. The summed E-state index contributed by atoms with van der Waals surface area (Å²) in [7, 11) is 0. The number of halogens is 2. The predicted molar refractivity (Wildman–Crippen MR) is 162 cm³/mol. The third kappa shape index (κ3) is 5.38. The van der Waals surface area contributed by atoms with E-state index in [1.54, 1.807) is 24.4 Å². The van der Waals surface area contributed by atoms with Crippen molar-refractivity contribution in [2.45, 2.75) is 13.5 Å². The van der Waals surface area contributed by atoms with Gasteiger partial charge in [-0.05, 0) is 58.7 Å². The lowest BCUT2D eigenvalue weighted by Crippen LogP contribution is -2.20. The predicted octanol–water partition coefficient (Wildman–Crippen LogP) is 7.07. The summed E-state index contributed by atoms with van der Waals surface area (Å²) < 4.78 is 24.7. The number of nitrogens with zero attached hydrogens (tertiary/aromatic N) is 3. The topological polar surface area (TPSA) is 84.2 Å². The lowest BCUT2D eigenvalue weighted by Gasteiger charge is -2.16. The molecule has 0 atom stereocenters. The number of aromatic nitrogens is 2. The van der Waals surface area contributed by atoms with Gasteiger partial charge in [0.2, 0.25) is 6.79 Å². The van der Waals surface area contributed by atoms with E-state index in [0.717, 1.165) is 11.1 Å². The van der Waals surface area contributed by atoms with Gasteiger partial charge in [0.25, 0.3) is 5.56 Å². The highest BCUT2D eigenvalue weighted by molar-refractivity contribution is 9.10. The summed E-state index contributed by atoms with van der Waals surface area (Å²) in [6.07, 6.45) is 1.55. The largest absolute Gasteiger partial charge is 0.490 e. The van der Waals surface area contributed by atoms with E-state index in [1.807, 2.05) is 67.6 Å². The third-order valence-electron chi connectivity index (χ3n) is 6.37. The molecule has 206 valence electrons. The molecular weight excluding hydrogens is 610 g/mol. The van der Waals surface area contributed by atoms with Crippen LogP contribution in [0.5, 0.6) is 23.0 Å². The fourth-order valence-electron chi connectivity index (χ4n) is 4.41. The van der Waals surface area contributed by atoms with Gasteiger partial charge in [-0.25, -0.2) is 4.98 Å². The fraction of sp³-hybridized carbons (Fsp3) is 0.129. The van der Waals surface area contributed by atoms with Crippen molar-refractivity contribution in [3.63, 3.8) is 0 Å². The molecule has 41 heavy (non-hydrogen) atoms. The molecule has 2 heterocycles. The van der Waals surface area contributed by atoms with Crippen LogP contribution >= 0.6 is 27.5 Å². The van der Waals surface area contributed by atoms with Gasteiger partial charge in [0.1, 0.15) is 11.6 Å². The summed E-state index contributed by atoms with van der Waals surface area (Å²) in [5.41, 5.74) is 2.53. The molecule has 10 heteroatoms. The van der Waals surface area contributed by atoms with Gasteiger partial charge in [0, 0.05) is 15.6 Å². The zero-order valence-electron chi connectivity index (χ0n) is 21.8. The van der Waals surface area contributed by atoms with E-state index in [-0.39, 0.29) is 19.0 Å². The molecule has 0 spiro atoms. The molecular formula is C31H23BrClN3O5. The normalized spacial score (nSPS) is 12.3. The van der Waals surface area contributed by atoms with Crippen LogP contribution in [0.3, 0.4) is 0 Å². The molecule has 0 aliphatic carbocycles. The minimum Gasteiger partial charge on any atom is -0.490 e. The fourth-order valence-corrected chi connectivity index (χ4v) is 5.06. The Morgan fingerprint density at radius 1 is 1.02 bits per heavy atom. The van der Waals surface area contributed by atoms with E-state index in [4.69, 9.17) is 35.5 Å². The quantitative estimate of drug-likeness (QED) is 0.170. The van der Waals surface area contributed by atoms with Gasteiger partial charge >= 0.3 is 0 Å². The molecule has 0 amide bonds. The monoisotopic (exact) mass is 631 g/mol. The average molecular weight is 633 g/mol. The van der Waals surface area contributed by atoms with Crippen LogP contribution < -0.4 is 24.5 Å². The van der Waals surface area contributed by atoms with Crippen LogP contribution in [0.15, 0.2) is 93.2 Å². The molecule has 6 rings (SSSR count). The van der Waals surface area contributed by atoms with E-state index in [2.05, 4.69) is 21.0 Å². The van der Waals surface area contributed by atoms with Gasteiger partial charge in [0.05, 0.1) is 23.7 Å². The van der Waals surface area contributed by atoms with Crippen molar-refractivity contribution in [1.29, 1.82) is 0 Å². The van der Waals surface area contributed by atoms with Gasteiger partial charge in [-0.1, -0.05) is 60.1 Å². The molecule has 0 saturated heterocycles. The van der Waals surface area contributed by atoms with Gasteiger partial charge < -0.3 is 18.9 Å². The first-order chi connectivity index (χ1) is 20.0. The second-order valence-electron chi connectivity index (χ2n) is 9.01. The molecule has 8 nitrogen and oxygen atoms in total. The second kappa shape index (κ2) is 11.6. The van der Waals surface area contributed by atoms with Crippen LogP contribution in [-0.2, 0) is 6.61 Å². The third-order valence-corrected chi connectivity index (χ3v) is 7.82. The molecule has 4 aromatic carbocycles. The summed E-state index contributed by atoms with van der Waals surface area (Å²) >= 11 is 10.4. The SMILES string of the molecule is CCOc1cc(C=Nn2c(-c3ccccc3)nc3ccccc3c2=O)c(Br)c(Cl)c1OCc1ccc2c(c1)OCO2. The van der Waals surface area contributed by atoms with Crippen molar-refractivity contribution in [3.8, 4) is 34.4 Å². The molecule has 0 unspecified atom stereocenters. The van der Waals surface area contributed by atoms with Gasteiger partial charge in [0.15, 0.2) is 28.8 Å². The van der Waals surface area contributed by atoms with Crippen molar-refractivity contribution in [3.05, 3.63) is 110 Å². The van der Waals surface area contributed by atoms with Crippen molar-refractivity contribution < 1.29 is 18.9 Å². The highest BCUT2D eigenvalue weighted by Crippen LogP contribution is 2.43. The smallest absolute Gasteiger partial charge is 0.282 e. The molecule has 1 aromatic heterocycles. The molecule has 0 saturated carbocycles. The first-order valence-corrected chi connectivity index (χ1v) is 14.0. The molecule has 0 bridgehead atoms. The van der Waals surface area contributed by atoms with Crippen molar-refractivity contribution in [2.75, 3.05) is 13.4 Å². The first kappa shape index (κ1) is 26.9. The maximum atomic E-state index is 13.5. The second-order valence-corrected chi connectivity index (χ2v) is 10.2. The van der Waals surface area contributed by atoms with Crippen molar-refractivity contribution in [1.82, 2.24) is 9.66 Å². The van der Waals surface area contributed by atoms with Crippen LogP contribution in [0.2, 0.25) is 5.02 Å². The molecule has 0 N–H and O–H groups in total. The molecule has 5 aromatic rings. The molecule has 0 fully saturated rings. The van der Waals surface area contributed by atoms with Gasteiger partial charge in [-0.3, -0.25) is 4.79 Å². The average Bonchev–Trinajstić information content (AvgIpc) is 3.47. The maximum absolute atomic E-state index is 13.5.